The van der Waals surface area contributed by atoms with Crippen molar-refractivity contribution in [3.8, 4) is 0 Å². The Kier molecular flexibility index (Phi) is 2.84. The van der Waals surface area contributed by atoms with Crippen LogP contribution >= 0.6 is 12.4 Å². The van der Waals surface area contributed by atoms with E-state index < -0.39 is 0 Å². The van der Waals surface area contributed by atoms with E-state index in [0.29, 0.717) is 6.04 Å². The summed E-state index contributed by atoms with van der Waals surface area (Å²) in [4.78, 5) is 3.96. The normalized spacial score (nSPS) is 23.1. The maximum Gasteiger partial charge on any atom is 0.213 e. The van der Waals surface area contributed by atoms with Crippen LogP contribution in [0, 0.1) is 0 Å². The van der Waals surface area contributed by atoms with E-state index in [-0.39, 0.29) is 12.4 Å². The molecule has 11 heavy (non-hydrogen) atoms. The van der Waals surface area contributed by atoms with Crippen molar-refractivity contribution in [3.05, 3.63) is 12.2 Å². The number of rotatable bonds is 1. The van der Waals surface area contributed by atoms with Crippen LogP contribution in [0.1, 0.15) is 24.7 Å². The van der Waals surface area contributed by atoms with Crippen molar-refractivity contribution in [1.82, 2.24) is 15.5 Å². The summed E-state index contributed by atoms with van der Waals surface area (Å²) in [6.45, 7) is 1.07. The average molecular weight is 176 g/mol. The molecule has 4 nitrogen and oxygen atoms in total. The van der Waals surface area contributed by atoms with Gasteiger partial charge in [0.25, 0.3) is 0 Å². The lowest BCUT2D eigenvalue weighted by Gasteiger charge is -2.01. The van der Waals surface area contributed by atoms with Crippen LogP contribution in [0.5, 0.6) is 0 Å². The molecule has 1 saturated heterocycles. The molecule has 0 aromatic carbocycles. The Morgan fingerprint density at radius 3 is 3.09 bits per heavy atom. The van der Waals surface area contributed by atoms with Crippen molar-refractivity contribution in [2.75, 3.05) is 6.54 Å². The van der Waals surface area contributed by atoms with Gasteiger partial charge in [0.15, 0.2) is 5.82 Å². The van der Waals surface area contributed by atoms with E-state index in [1.165, 1.54) is 12.8 Å². The van der Waals surface area contributed by atoms with Gasteiger partial charge >= 0.3 is 0 Å². The second-order valence-electron chi connectivity index (χ2n) is 2.44. The van der Waals surface area contributed by atoms with Crippen molar-refractivity contribution in [3.63, 3.8) is 0 Å². The van der Waals surface area contributed by atoms with Crippen molar-refractivity contribution in [1.29, 1.82) is 0 Å². The molecule has 62 valence electrons. The zero-order valence-electron chi connectivity index (χ0n) is 5.99. The van der Waals surface area contributed by atoms with Gasteiger partial charge in [0, 0.05) is 0 Å². The zero-order chi connectivity index (χ0) is 6.81. The monoisotopic (exact) mass is 175 g/mol. The van der Waals surface area contributed by atoms with Gasteiger partial charge in [0.1, 0.15) is 0 Å². The number of nitrogens with one attached hydrogen (secondary N) is 1. The fraction of sp³-hybridized carbons (Fsp3) is 0.667. The summed E-state index contributed by atoms with van der Waals surface area (Å²) in [6.07, 6.45) is 3.70. The Balaban J connectivity index is 0.000000605. The molecule has 1 unspecified atom stereocenters. The first-order chi connectivity index (χ1) is 4.97. The smallest absolute Gasteiger partial charge is 0.213 e. The predicted molar refractivity (Wildman–Crippen MR) is 41.5 cm³/mol. The van der Waals surface area contributed by atoms with Crippen LogP contribution in [0.4, 0.5) is 0 Å². The van der Waals surface area contributed by atoms with E-state index in [1.807, 2.05) is 0 Å². The molecule has 0 saturated carbocycles. The molecule has 0 aliphatic carbocycles. The summed E-state index contributed by atoms with van der Waals surface area (Å²) in [5, 5.41) is 7.02. The van der Waals surface area contributed by atoms with E-state index in [1.54, 1.807) is 0 Å². The van der Waals surface area contributed by atoms with E-state index >= 15 is 0 Å². The third-order valence-corrected chi connectivity index (χ3v) is 1.75. The minimum absolute atomic E-state index is 0. The van der Waals surface area contributed by atoms with Crippen molar-refractivity contribution in [2.24, 2.45) is 0 Å². The first kappa shape index (κ1) is 8.49. The molecule has 1 aliphatic heterocycles. The number of nitrogens with zero attached hydrogens (tertiary/aromatic N) is 2. The molecular formula is C6H10ClN3O. The van der Waals surface area contributed by atoms with Gasteiger partial charge in [0.05, 0.1) is 6.04 Å². The highest BCUT2D eigenvalue weighted by molar-refractivity contribution is 5.85. The molecule has 2 rings (SSSR count). The Bertz CT molecular complexity index is 196. The van der Waals surface area contributed by atoms with E-state index in [2.05, 4.69) is 20.0 Å². The molecule has 0 spiro atoms. The molecule has 1 aromatic heterocycles. The highest BCUT2D eigenvalue weighted by Gasteiger charge is 2.19. The summed E-state index contributed by atoms with van der Waals surface area (Å²) in [5.41, 5.74) is 0. The lowest BCUT2D eigenvalue weighted by Crippen LogP contribution is -2.13. The van der Waals surface area contributed by atoms with Crippen molar-refractivity contribution in [2.45, 2.75) is 18.9 Å². The maximum atomic E-state index is 4.63. The summed E-state index contributed by atoms with van der Waals surface area (Å²) in [6, 6.07) is 0.332. The molecule has 0 amide bonds. The maximum absolute atomic E-state index is 4.63. The van der Waals surface area contributed by atoms with Crippen LogP contribution < -0.4 is 5.32 Å². The van der Waals surface area contributed by atoms with Gasteiger partial charge in [-0.3, -0.25) is 0 Å². The lowest BCUT2D eigenvalue weighted by molar-refractivity contribution is 0.401. The molecule has 1 aromatic rings. The van der Waals surface area contributed by atoms with Crippen LogP contribution in [0.15, 0.2) is 10.9 Å². The number of halogens is 1. The van der Waals surface area contributed by atoms with E-state index in [0.717, 1.165) is 18.8 Å². The largest absolute Gasteiger partial charge is 0.343 e. The highest BCUT2D eigenvalue weighted by atomic mass is 35.5. The molecule has 0 radical (unpaired) electrons. The van der Waals surface area contributed by atoms with Crippen LogP contribution in [0.2, 0.25) is 0 Å². The molecule has 2 heterocycles. The molecule has 0 bridgehead atoms. The van der Waals surface area contributed by atoms with E-state index in [4.69, 9.17) is 0 Å². The first-order valence-electron chi connectivity index (χ1n) is 3.46. The molecular weight excluding hydrogens is 166 g/mol. The summed E-state index contributed by atoms with van der Waals surface area (Å²) in [5.74, 6) is 0.789. The Labute approximate surface area is 70.8 Å². The predicted octanol–water partition coefficient (Wildman–Crippen LogP) is 0.916. The number of aromatic nitrogens is 2. The molecule has 1 aliphatic rings. The Morgan fingerprint density at radius 2 is 2.55 bits per heavy atom. The number of hydrogen-bond donors (Lipinski definition) is 1. The summed E-state index contributed by atoms with van der Waals surface area (Å²) < 4.78 is 4.63. The summed E-state index contributed by atoms with van der Waals surface area (Å²) >= 11 is 0. The number of hydrogen-bond acceptors (Lipinski definition) is 4. The fourth-order valence-corrected chi connectivity index (χ4v) is 1.24. The zero-order valence-corrected chi connectivity index (χ0v) is 6.80. The minimum Gasteiger partial charge on any atom is -0.343 e. The van der Waals surface area contributed by atoms with Crippen LogP contribution in [-0.4, -0.2) is 16.7 Å². The third kappa shape index (κ3) is 1.70. The second-order valence-corrected chi connectivity index (χ2v) is 2.44. The minimum atomic E-state index is 0. The van der Waals surface area contributed by atoms with Crippen LogP contribution in [0.25, 0.3) is 0 Å². The van der Waals surface area contributed by atoms with Gasteiger partial charge in [-0.25, -0.2) is 0 Å². The van der Waals surface area contributed by atoms with Gasteiger partial charge in [0.2, 0.25) is 6.39 Å². The molecule has 1 fully saturated rings. The topological polar surface area (TPSA) is 51.0 Å². The van der Waals surface area contributed by atoms with Crippen molar-refractivity contribution >= 4 is 12.4 Å². The van der Waals surface area contributed by atoms with Gasteiger partial charge in [-0.1, -0.05) is 5.16 Å². The Morgan fingerprint density at radius 1 is 1.64 bits per heavy atom. The average Bonchev–Trinajstić information content (AvgIpc) is 2.59. The summed E-state index contributed by atoms with van der Waals surface area (Å²) in [7, 11) is 0. The van der Waals surface area contributed by atoms with Crippen LogP contribution in [-0.2, 0) is 0 Å². The SMILES string of the molecule is Cl.c1nc(C2CCCN2)no1. The first-order valence-corrected chi connectivity index (χ1v) is 3.46. The highest BCUT2D eigenvalue weighted by Crippen LogP contribution is 2.18. The molecule has 1 atom stereocenters. The van der Waals surface area contributed by atoms with Crippen LogP contribution in [0.3, 0.4) is 0 Å². The van der Waals surface area contributed by atoms with Gasteiger partial charge in [-0.15, -0.1) is 12.4 Å². The fourth-order valence-electron chi connectivity index (χ4n) is 1.24. The molecule has 1 N–H and O–H groups in total. The third-order valence-electron chi connectivity index (χ3n) is 1.75. The Hall–Kier alpha value is -0.610. The quantitative estimate of drug-likeness (QED) is 0.690. The molecule has 5 heteroatoms. The lowest BCUT2D eigenvalue weighted by atomic mass is 10.2. The standard InChI is InChI=1S/C6H9N3O.ClH/c1-2-5(7-3-1)6-8-4-10-9-6;/h4-5,7H,1-3H2;1H. The second kappa shape index (κ2) is 3.69. The van der Waals surface area contributed by atoms with Crippen molar-refractivity contribution < 1.29 is 4.52 Å². The van der Waals surface area contributed by atoms with Gasteiger partial charge < -0.3 is 9.84 Å². The van der Waals surface area contributed by atoms with Gasteiger partial charge in [-0.2, -0.15) is 4.98 Å². The van der Waals surface area contributed by atoms with Gasteiger partial charge in [-0.05, 0) is 19.4 Å². The van der Waals surface area contributed by atoms with E-state index in [9.17, 15) is 0 Å².